The second-order valence-electron chi connectivity index (χ2n) is 6.90. The molecule has 3 aromatic carbocycles. The summed E-state index contributed by atoms with van der Waals surface area (Å²) in [6.45, 7) is 0.198. The van der Waals surface area contributed by atoms with Crippen molar-refractivity contribution < 1.29 is 13.2 Å². The number of hydrogen-bond acceptors (Lipinski definition) is 4. The van der Waals surface area contributed by atoms with E-state index in [0.717, 1.165) is 16.1 Å². The average molecular weight is 474 g/mol. The lowest BCUT2D eigenvalue weighted by Crippen LogP contribution is -2.39. The van der Waals surface area contributed by atoms with Gasteiger partial charge in [-0.05, 0) is 47.5 Å². The maximum absolute atomic E-state index is 12.8. The molecule has 1 N–H and O–H groups in total. The van der Waals surface area contributed by atoms with Crippen LogP contribution in [-0.2, 0) is 10.0 Å². The van der Waals surface area contributed by atoms with Gasteiger partial charge in [-0.3, -0.25) is 0 Å². The minimum absolute atomic E-state index is 0.0639. The van der Waals surface area contributed by atoms with Crippen LogP contribution < -0.4 is 4.72 Å². The Morgan fingerprint density at radius 3 is 2.10 bits per heavy atom. The third-order valence-electron chi connectivity index (χ3n) is 4.84. The van der Waals surface area contributed by atoms with Gasteiger partial charge in [0.2, 0.25) is 0 Å². The number of rotatable bonds is 4. The molecule has 3 aromatic rings. The summed E-state index contributed by atoms with van der Waals surface area (Å²) in [5, 5.41) is 6.56. The van der Waals surface area contributed by atoms with Gasteiger partial charge in [0.15, 0.2) is 0 Å². The van der Waals surface area contributed by atoms with Crippen molar-refractivity contribution in [1.29, 1.82) is 0 Å². The first-order valence-corrected chi connectivity index (χ1v) is 11.6. The Hall–Kier alpha value is -2.87. The number of sulfonamides is 1. The van der Waals surface area contributed by atoms with Crippen molar-refractivity contribution in [2.75, 3.05) is 6.54 Å². The van der Waals surface area contributed by atoms with E-state index < -0.39 is 16.1 Å². The summed E-state index contributed by atoms with van der Waals surface area (Å²) in [6, 6.07) is 21.5. The largest absolute Gasteiger partial charge is 0.351 e. The Morgan fingerprint density at radius 2 is 1.48 bits per heavy atom. The molecule has 0 spiro atoms. The number of nitrogens with one attached hydrogen (secondary N) is 1. The zero-order valence-corrected chi connectivity index (χ0v) is 18.4. The van der Waals surface area contributed by atoms with Crippen molar-refractivity contribution in [3.8, 4) is 0 Å². The lowest BCUT2D eigenvalue weighted by Gasteiger charge is -2.16. The lowest BCUT2D eigenvalue weighted by atomic mass is 9.91. The van der Waals surface area contributed by atoms with Gasteiger partial charge < -0.3 is 0 Å². The lowest BCUT2D eigenvalue weighted by molar-refractivity contribution is 0.210. The first-order valence-electron chi connectivity index (χ1n) is 9.33. The molecule has 1 aliphatic heterocycles. The number of hydrazone groups is 1. The van der Waals surface area contributed by atoms with Crippen LogP contribution in [0.3, 0.4) is 0 Å². The van der Waals surface area contributed by atoms with Gasteiger partial charge in [-0.15, -0.1) is 0 Å². The highest BCUT2D eigenvalue weighted by molar-refractivity contribution is 7.90. The average Bonchev–Trinajstić information content (AvgIpc) is 3.21. The second-order valence-corrected chi connectivity index (χ2v) is 9.46. The van der Waals surface area contributed by atoms with Gasteiger partial charge in [0.05, 0.1) is 17.2 Å². The van der Waals surface area contributed by atoms with Gasteiger partial charge in [-0.2, -0.15) is 5.10 Å². The molecule has 4 rings (SSSR count). The molecule has 1 atom stereocenters. The summed E-state index contributed by atoms with van der Waals surface area (Å²) >= 11 is 11.8. The minimum atomic E-state index is -4.07. The van der Waals surface area contributed by atoms with E-state index in [-0.39, 0.29) is 17.4 Å². The summed E-state index contributed by atoms with van der Waals surface area (Å²) < 4.78 is 27.2. The van der Waals surface area contributed by atoms with Crippen LogP contribution in [0, 0.1) is 0 Å². The molecule has 0 saturated carbocycles. The minimum Gasteiger partial charge on any atom is -0.246 e. The number of amides is 2. The van der Waals surface area contributed by atoms with Gasteiger partial charge >= 0.3 is 6.03 Å². The summed E-state index contributed by atoms with van der Waals surface area (Å²) in [4.78, 5) is 12.7. The smallest absolute Gasteiger partial charge is 0.246 e. The van der Waals surface area contributed by atoms with E-state index in [0.29, 0.717) is 15.8 Å². The van der Waals surface area contributed by atoms with Crippen LogP contribution in [0.15, 0.2) is 88.9 Å². The van der Waals surface area contributed by atoms with Crippen LogP contribution in [0.25, 0.3) is 0 Å². The van der Waals surface area contributed by atoms with E-state index in [1.54, 1.807) is 12.1 Å². The topological polar surface area (TPSA) is 78.8 Å². The van der Waals surface area contributed by atoms with Crippen molar-refractivity contribution in [3.05, 3.63) is 100 Å². The molecule has 31 heavy (non-hydrogen) atoms. The van der Waals surface area contributed by atoms with E-state index in [1.807, 2.05) is 42.5 Å². The van der Waals surface area contributed by atoms with Gasteiger partial charge in [-0.1, -0.05) is 65.7 Å². The number of urea groups is 1. The highest BCUT2D eigenvalue weighted by atomic mass is 35.5. The van der Waals surface area contributed by atoms with Crippen LogP contribution in [0.4, 0.5) is 4.79 Å². The summed E-state index contributed by atoms with van der Waals surface area (Å²) in [7, 11) is -4.07. The molecule has 0 aromatic heterocycles. The second kappa shape index (κ2) is 8.70. The molecule has 0 aliphatic carbocycles. The fraction of sp³-hybridized carbons (Fsp3) is 0.0909. The van der Waals surface area contributed by atoms with Crippen molar-refractivity contribution >= 4 is 45.0 Å². The van der Waals surface area contributed by atoms with Gasteiger partial charge in [-0.25, -0.2) is 22.9 Å². The van der Waals surface area contributed by atoms with E-state index in [4.69, 9.17) is 23.2 Å². The fourth-order valence-electron chi connectivity index (χ4n) is 3.30. The van der Waals surface area contributed by atoms with Gasteiger partial charge in [0.25, 0.3) is 10.0 Å². The molecule has 6 nitrogen and oxygen atoms in total. The highest BCUT2D eigenvalue weighted by Gasteiger charge is 2.33. The first-order chi connectivity index (χ1) is 14.8. The van der Waals surface area contributed by atoms with Crippen molar-refractivity contribution in [3.63, 3.8) is 0 Å². The molecule has 1 heterocycles. The third-order valence-corrected chi connectivity index (χ3v) is 6.68. The molecule has 1 aliphatic rings. The Morgan fingerprint density at radius 1 is 0.903 bits per heavy atom. The third kappa shape index (κ3) is 4.74. The number of halogens is 2. The maximum atomic E-state index is 12.8. The van der Waals surface area contributed by atoms with Crippen LogP contribution in [0.1, 0.15) is 17.0 Å². The maximum Gasteiger partial charge on any atom is 0.351 e. The predicted molar refractivity (Wildman–Crippen MR) is 121 cm³/mol. The quantitative estimate of drug-likeness (QED) is 0.585. The van der Waals surface area contributed by atoms with Crippen LogP contribution >= 0.6 is 23.2 Å². The Bertz CT molecular complexity index is 1230. The molecule has 2 amide bonds. The zero-order valence-electron chi connectivity index (χ0n) is 16.1. The summed E-state index contributed by atoms with van der Waals surface area (Å²) in [5.41, 5.74) is 2.42. The fourth-order valence-corrected chi connectivity index (χ4v) is 4.50. The Balaban J connectivity index is 1.62. The van der Waals surface area contributed by atoms with Gasteiger partial charge in [0, 0.05) is 16.0 Å². The van der Waals surface area contributed by atoms with Crippen LogP contribution in [0.2, 0.25) is 10.0 Å². The number of hydrogen-bond donors (Lipinski definition) is 1. The summed E-state index contributed by atoms with van der Waals surface area (Å²) in [6.07, 6.45) is 0. The van der Waals surface area contributed by atoms with Crippen molar-refractivity contribution in [1.82, 2.24) is 9.73 Å². The molecular formula is C22H17Cl2N3O3S. The SMILES string of the molecule is O=C(NS(=O)(=O)c1ccc(Cl)cc1)N1C[C@H](c2ccccc2)C(c2ccc(Cl)cc2)=N1. The Labute approximate surface area is 190 Å². The molecular weight excluding hydrogens is 457 g/mol. The molecule has 0 unspecified atom stereocenters. The standard InChI is InChI=1S/C22H17Cl2N3O3S/c23-17-8-6-16(7-9-17)21-20(15-4-2-1-3-5-15)14-27(25-21)22(28)26-31(29,30)19-12-10-18(24)11-13-19/h1-13,20H,14H2,(H,26,28)/t20-/m1/s1. The molecule has 0 bridgehead atoms. The summed E-state index contributed by atoms with van der Waals surface area (Å²) in [5.74, 6) is -0.216. The predicted octanol–water partition coefficient (Wildman–Crippen LogP) is 4.90. The number of carbonyl (C=O) groups is 1. The molecule has 0 radical (unpaired) electrons. The monoisotopic (exact) mass is 473 g/mol. The molecule has 0 fully saturated rings. The first kappa shape index (κ1) is 21.4. The zero-order chi connectivity index (χ0) is 22.0. The van der Waals surface area contributed by atoms with Gasteiger partial charge in [0.1, 0.15) is 0 Å². The van der Waals surface area contributed by atoms with Crippen LogP contribution in [-0.4, -0.2) is 31.7 Å². The highest BCUT2D eigenvalue weighted by Crippen LogP contribution is 2.29. The molecule has 9 heteroatoms. The van der Waals surface area contributed by atoms with Crippen molar-refractivity contribution in [2.45, 2.75) is 10.8 Å². The number of benzene rings is 3. The van der Waals surface area contributed by atoms with Crippen molar-refractivity contribution in [2.24, 2.45) is 5.10 Å². The Kier molecular flexibility index (Phi) is 6.00. The van der Waals surface area contributed by atoms with E-state index in [2.05, 4.69) is 9.82 Å². The number of nitrogens with zero attached hydrogens (tertiary/aromatic N) is 2. The number of carbonyl (C=O) groups excluding carboxylic acids is 1. The molecule has 158 valence electrons. The van der Waals surface area contributed by atoms with Crippen LogP contribution in [0.5, 0.6) is 0 Å². The van der Waals surface area contributed by atoms with E-state index >= 15 is 0 Å². The van der Waals surface area contributed by atoms with E-state index in [1.165, 1.54) is 24.3 Å². The normalized spacial score (nSPS) is 16.1. The van der Waals surface area contributed by atoms with E-state index in [9.17, 15) is 13.2 Å². The molecule has 0 saturated heterocycles.